The zero-order chi connectivity index (χ0) is 13.1. The predicted molar refractivity (Wildman–Crippen MR) is 71.5 cm³/mol. The number of benzene rings is 1. The summed E-state index contributed by atoms with van der Waals surface area (Å²) in [7, 11) is 0. The SMILES string of the molecule is CC(C)OC(=O)C1CCNC1c1ccccc1Cl. The van der Waals surface area contributed by atoms with Gasteiger partial charge < -0.3 is 10.1 Å². The Balaban J connectivity index is 2.18. The van der Waals surface area contributed by atoms with Crippen molar-refractivity contribution >= 4 is 17.6 Å². The standard InChI is InChI=1S/C14H18ClNO2/c1-9(2)18-14(17)11-7-8-16-13(11)10-5-3-4-6-12(10)15/h3-6,9,11,13,16H,7-8H2,1-2H3. The molecule has 0 spiro atoms. The zero-order valence-electron chi connectivity index (χ0n) is 10.7. The first kappa shape index (κ1) is 13.4. The largest absolute Gasteiger partial charge is 0.463 e. The third-order valence-corrected chi connectivity index (χ3v) is 3.46. The van der Waals surface area contributed by atoms with Crippen molar-refractivity contribution < 1.29 is 9.53 Å². The average Bonchev–Trinajstić information content (AvgIpc) is 2.77. The topological polar surface area (TPSA) is 38.3 Å². The van der Waals surface area contributed by atoms with Crippen molar-refractivity contribution in [3.8, 4) is 0 Å². The molecule has 2 atom stereocenters. The van der Waals surface area contributed by atoms with E-state index in [2.05, 4.69) is 5.32 Å². The lowest BCUT2D eigenvalue weighted by molar-refractivity contribution is -0.152. The second-order valence-corrected chi connectivity index (χ2v) is 5.24. The highest BCUT2D eigenvalue weighted by Gasteiger charge is 2.36. The molecule has 1 aliphatic rings. The maximum absolute atomic E-state index is 12.0. The lowest BCUT2D eigenvalue weighted by Gasteiger charge is -2.21. The average molecular weight is 268 g/mol. The van der Waals surface area contributed by atoms with Crippen molar-refractivity contribution in [1.82, 2.24) is 5.32 Å². The Bertz CT molecular complexity index is 434. The summed E-state index contributed by atoms with van der Waals surface area (Å²) >= 11 is 6.19. The van der Waals surface area contributed by atoms with E-state index in [9.17, 15) is 4.79 Å². The highest BCUT2D eigenvalue weighted by atomic mass is 35.5. The Kier molecular flexibility index (Phi) is 4.25. The first-order valence-electron chi connectivity index (χ1n) is 6.28. The molecule has 18 heavy (non-hydrogen) atoms. The summed E-state index contributed by atoms with van der Waals surface area (Å²) in [5.74, 6) is -0.285. The van der Waals surface area contributed by atoms with E-state index in [1.165, 1.54) is 0 Å². The number of hydrogen-bond acceptors (Lipinski definition) is 3. The molecule has 0 amide bonds. The van der Waals surface area contributed by atoms with Crippen LogP contribution in [0.4, 0.5) is 0 Å². The summed E-state index contributed by atoms with van der Waals surface area (Å²) in [6, 6.07) is 7.60. The molecule has 1 aliphatic heterocycles. The molecule has 1 aromatic rings. The van der Waals surface area contributed by atoms with Gasteiger partial charge in [0.25, 0.3) is 0 Å². The van der Waals surface area contributed by atoms with Gasteiger partial charge in [0.2, 0.25) is 0 Å². The number of carbonyl (C=O) groups excluding carboxylic acids is 1. The zero-order valence-corrected chi connectivity index (χ0v) is 11.4. The van der Waals surface area contributed by atoms with Gasteiger partial charge in [0.05, 0.1) is 12.0 Å². The van der Waals surface area contributed by atoms with Gasteiger partial charge in [-0.3, -0.25) is 4.79 Å². The molecule has 4 heteroatoms. The van der Waals surface area contributed by atoms with Crippen LogP contribution in [-0.2, 0) is 9.53 Å². The molecule has 0 radical (unpaired) electrons. The number of halogens is 1. The molecule has 1 aromatic carbocycles. The van der Waals surface area contributed by atoms with Gasteiger partial charge in [-0.15, -0.1) is 0 Å². The first-order chi connectivity index (χ1) is 8.59. The molecule has 1 fully saturated rings. The fourth-order valence-corrected chi connectivity index (χ4v) is 2.58. The summed E-state index contributed by atoms with van der Waals surface area (Å²) in [6.07, 6.45) is 0.714. The summed E-state index contributed by atoms with van der Waals surface area (Å²) in [4.78, 5) is 12.0. The Morgan fingerprint density at radius 2 is 2.17 bits per heavy atom. The smallest absolute Gasteiger partial charge is 0.311 e. The van der Waals surface area contributed by atoms with Gasteiger partial charge in [-0.1, -0.05) is 29.8 Å². The summed E-state index contributed by atoms with van der Waals surface area (Å²) in [5, 5.41) is 4.03. The highest BCUT2D eigenvalue weighted by Crippen LogP contribution is 2.34. The summed E-state index contributed by atoms with van der Waals surface area (Å²) in [5.41, 5.74) is 0.974. The Morgan fingerprint density at radius 1 is 1.44 bits per heavy atom. The van der Waals surface area contributed by atoms with Crippen LogP contribution in [0.25, 0.3) is 0 Å². The van der Waals surface area contributed by atoms with Crippen molar-refractivity contribution in [2.24, 2.45) is 5.92 Å². The molecule has 0 aliphatic carbocycles. The van der Waals surface area contributed by atoms with Crippen molar-refractivity contribution in [2.45, 2.75) is 32.4 Å². The van der Waals surface area contributed by atoms with Crippen LogP contribution < -0.4 is 5.32 Å². The van der Waals surface area contributed by atoms with Crippen LogP contribution >= 0.6 is 11.6 Å². The minimum absolute atomic E-state index is 0.0371. The number of hydrogen-bond donors (Lipinski definition) is 1. The second-order valence-electron chi connectivity index (χ2n) is 4.83. The first-order valence-corrected chi connectivity index (χ1v) is 6.65. The molecule has 1 heterocycles. The Hall–Kier alpha value is -1.06. The maximum atomic E-state index is 12.0. The molecule has 98 valence electrons. The van der Waals surface area contributed by atoms with Crippen LogP contribution in [0.1, 0.15) is 31.9 Å². The lowest BCUT2D eigenvalue weighted by atomic mass is 9.94. The number of ether oxygens (including phenoxy) is 1. The van der Waals surface area contributed by atoms with E-state index in [-0.39, 0.29) is 24.0 Å². The van der Waals surface area contributed by atoms with Gasteiger partial charge in [-0.25, -0.2) is 0 Å². The molecule has 0 aromatic heterocycles. The van der Waals surface area contributed by atoms with E-state index in [0.29, 0.717) is 5.02 Å². The Morgan fingerprint density at radius 3 is 2.83 bits per heavy atom. The number of carbonyl (C=O) groups is 1. The van der Waals surface area contributed by atoms with E-state index in [1.807, 2.05) is 38.1 Å². The fraction of sp³-hybridized carbons (Fsp3) is 0.500. The van der Waals surface area contributed by atoms with Crippen molar-refractivity contribution in [1.29, 1.82) is 0 Å². The monoisotopic (exact) mass is 267 g/mol. The quantitative estimate of drug-likeness (QED) is 0.856. The molecule has 0 bridgehead atoms. The number of rotatable bonds is 3. The molecule has 2 rings (SSSR count). The van der Waals surface area contributed by atoms with Crippen LogP contribution in [0.15, 0.2) is 24.3 Å². The molecular weight excluding hydrogens is 250 g/mol. The van der Waals surface area contributed by atoms with E-state index >= 15 is 0 Å². The van der Waals surface area contributed by atoms with E-state index in [1.54, 1.807) is 0 Å². The molecule has 3 nitrogen and oxygen atoms in total. The van der Waals surface area contributed by atoms with Crippen LogP contribution in [0.2, 0.25) is 5.02 Å². The van der Waals surface area contributed by atoms with Crippen LogP contribution in [0.5, 0.6) is 0 Å². The normalized spacial score (nSPS) is 23.3. The van der Waals surface area contributed by atoms with E-state index in [4.69, 9.17) is 16.3 Å². The minimum Gasteiger partial charge on any atom is -0.463 e. The third kappa shape index (κ3) is 2.85. The minimum atomic E-state index is -0.146. The summed E-state index contributed by atoms with van der Waals surface area (Å²) < 4.78 is 5.30. The molecule has 0 saturated carbocycles. The number of esters is 1. The molecule has 1 saturated heterocycles. The Labute approximate surface area is 112 Å². The van der Waals surface area contributed by atoms with Crippen LogP contribution in [0, 0.1) is 5.92 Å². The van der Waals surface area contributed by atoms with Gasteiger partial charge >= 0.3 is 5.97 Å². The van der Waals surface area contributed by atoms with E-state index < -0.39 is 0 Å². The maximum Gasteiger partial charge on any atom is 0.311 e. The van der Waals surface area contributed by atoms with Crippen LogP contribution in [0.3, 0.4) is 0 Å². The van der Waals surface area contributed by atoms with Gasteiger partial charge in [-0.05, 0) is 38.4 Å². The van der Waals surface area contributed by atoms with Crippen molar-refractivity contribution in [3.05, 3.63) is 34.9 Å². The molecule has 1 N–H and O–H groups in total. The summed E-state index contributed by atoms with van der Waals surface area (Å²) in [6.45, 7) is 4.54. The van der Waals surface area contributed by atoms with Gasteiger partial charge in [0.1, 0.15) is 0 Å². The van der Waals surface area contributed by atoms with E-state index in [0.717, 1.165) is 18.5 Å². The lowest BCUT2D eigenvalue weighted by Crippen LogP contribution is -2.27. The predicted octanol–water partition coefficient (Wildman–Crippen LogP) is 2.94. The van der Waals surface area contributed by atoms with Gasteiger partial charge in [0.15, 0.2) is 0 Å². The molecular formula is C14H18ClNO2. The number of nitrogens with one attached hydrogen (secondary N) is 1. The van der Waals surface area contributed by atoms with Gasteiger partial charge in [-0.2, -0.15) is 0 Å². The van der Waals surface area contributed by atoms with Crippen molar-refractivity contribution in [2.75, 3.05) is 6.54 Å². The fourth-order valence-electron chi connectivity index (χ4n) is 2.33. The highest BCUT2D eigenvalue weighted by molar-refractivity contribution is 6.31. The van der Waals surface area contributed by atoms with Crippen molar-refractivity contribution in [3.63, 3.8) is 0 Å². The second kappa shape index (κ2) is 5.72. The van der Waals surface area contributed by atoms with Gasteiger partial charge in [0, 0.05) is 11.1 Å². The van der Waals surface area contributed by atoms with Crippen LogP contribution in [-0.4, -0.2) is 18.6 Å². The molecule has 2 unspecified atom stereocenters. The third-order valence-electron chi connectivity index (χ3n) is 3.12.